The Bertz CT molecular complexity index is 998. The molecule has 0 aliphatic rings. The van der Waals surface area contributed by atoms with Crippen LogP contribution in [0.3, 0.4) is 0 Å². The summed E-state index contributed by atoms with van der Waals surface area (Å²) in [6.45, 7) is 2.88. The van der Waals surface area contributed by atoms with Gasteiger partial charge in [-0.2, -0.15) is 5.10 Å². The van der Waals surface area contributed by atoms with E-state index in [0.717, 1.165) is 23.4 Å². The van der Waals surface area contributed by atoms with Crippen LogP contribution >= 0.6 is 23.2 Å². The van der Waals surface area contributed by atoms with Gasteiger partial charge in [-0.25, -0.2) is 4.68 Å². The number of aryl methyl sites for hydroxylation is 1. The van der Waals surface area contributed by atoms with Crippen LogP contribution in [-0.4, -0.2) is 34.7 Å². The summed E-state index contributed by atoms with van der Waals surface area (Å²) in [4.78, 5) is 15.0. The number of amides is 1. The molecule has 1 aromatic heterocycles. The van der Waals surface area contributed by atoms with Gasteiger partial charge in [0, 0.05) is 17.3 Å². The Balaban J connectivity index is 1.86. The molecule has 0 atom stereocenters. The van der Waals surface area contributed by atoms with Crippen LogP contribution in [0, 0.1) is 6.92 Å². The zero-order valence-electron chi connectivity index (χ0n) is 16.0. The Kier molecular flexibility index (Phi) is 6.39. The third-order valence-electron chi connectivity index (χ3n) is 4.32. The minimum absolute atomic E-state index is 0.279. The maximum absolute atomic E-state index is 12.9. The van der Waals surface area contributed by atoms with Crippen LogP contribution in [0.15, 0.2) is 48.5 Å². The summed E-state index contributed by atoms with van der Waals surface area (Å²) in [5.74, 6) is -0.279. The first-order valence-corrected chi connectivity index (χ1v) is 9.62. The number of hydrogen-bond acceptors (Lipinski definition) is 3. The molecule has 28 heavy (non-hydrogen) atoms. The van der Waals surface area contributed by atoms with Crippen LogP contribution < -0.4 is 5.32 Å². The van der Waals surface area contributed by atoms with Crippen LogP contribution in [0.1, 0.15) is 27.2 Å². The van der Waals surface area contributed by atoms with E-state index >= 15 is 0 Å². The van der Waals surface area contributed by atoms with E-state index in [1.165, 1.54) is 0 Å². The highest BCUT2D eigenvalue weighted by Gasteiger charge is 2.21. The molecule has 0 aliphatic carbocycles. The van der Waals surface area contributed by atoms with Crippen LogP contribution in [0.5, 0.6) is 0 Å². The van der Waals surface area contributed by atoms with Gasteiger partial charge in [-0.05, 0) is 44.3 Å². The molecule has 0 spiro atoms. The van der Waals surface area contributed by atoms with Gasteiger partial charge in [0.2, 0.25) is 0 Å². The predicted molar refractivity (Wildman–Crippen MR) is 114 cm³/mol. The third kappa shape index (κ3) is 4.55. The Labute approximate surface area is 174 Å². The molecule has 5 nitrogen and oxygen atoms in total. The summed E-state index contributed by atoms with van der Waals surface area (Å²) in [6, 6.07) is 15.2. The number of rotatable bonds is 6. The maximum atomic E-state index is 12.9. The van der Waals surface area contributed by atoms with Crippen molar-refractivity contribution in [1.29, 1.82) is 0 Å². The SMILES string of the molecule is Cc1nn(Cc2ccccc2Cl)c(Cl)c1C(=O)Nc1ccccc1CN(C)C. The zero-order chi connectivity index (χ0) is 20.3. The van der Waals surface area contributed by atoms with Gasteiger partial charge in [-0.15, -0.1) is 0 Å². The summed E-state index contributed by atoms with van der Waals surface area (Å²) in [5, 5.41) is 8.34. The molecule has 2 aromatic carbocycles. The Morgan fingerprint density at radius 3 is 2.39 bits per heavy atom. The average molecular weight is 417 g/mol. The number of hydrogen-bond donors (Lipinski definition) is 1. The molecule has 1 N–H and O–H groups in total. The maximum Gasteiger partial charge on any atom is 0.260 e. The van der Waals surface area contributed by atoms with Gasteiger partial charge in [0.15, 0.2) is 0 Å². The second-order valence-electron chi connectivity index (χ2n) is 6.85. The van der Waals surface area contributed by atoms with Gasteiger partial charge in [0.05, 0.1) is 17.8 Å². The summed E-state index contributed by atoms with van der Waals surface area (Å²) in [7, 11) is 3.97. The molecular weight excluding hydrogens is 395 g/mol. The lowest BCUT2D eigenvalue weighted by Crippen LogP contribution is -2.17. The molecule has 0 bridgehead atoms. The van der Waals surface area contributed by atoms with Gasteiger partial charge in [-0.3, -0.25) is 4.79 Å². The van der Waals surface area contributed by atoms with Crippen molar-refractivity contribution in [2.45, 2.75) is 20.0 Å². The van der Waals surface area contributed by atoms with Crippen LogP contribution in [0.2, 0.25) is 10.2 Å². The van der Waals surface area contributed by atoms with E-state index in [1.807, 2.05) is 67.5 Å². The number of benzene rings is 2. The first-order valence-electron chi connectivity index (χ1n) is 8.87. The number of carbonyl (C=O) groups excluding carboxylic acids is 1. The largest absolute Gasteiger partial charge is 0.322 e. The molecule has 0 aliphatic heterocycles. The highest BCUT2D eigenvalue weighted by Crippen LogP contribution is 2.25. The number of carbonyl (C=O) groups is 1. The Morgan fingerprint density at radius 2 is 1.71 bits per heavy atom. The standard InChI is InChI=1S/C21H22Cl2N4O/c1-14-19(20(23)27(25-14)13-15-8-4-6-10-17(15)22)21(28)24-18-11-7-5-9-16(18)12-26(2)3/h4-11H,12-13H2,1-3H3,(H,24,28). The lowest BCUT2D eigenvalue weighted by molar-refractivity contribution is 0.102. The highest BCUT2D eigenvalue weighted by molar-refractivity contribution is 6.34. The van der Waals surface area contributed by atoms with E-state index in [0.29, 0.717) is 28.0 Å². The summed E-state index contributed by atoms with van der Waals surface area (Å²) in [5.41, 5.74) is 3.61. The molecular formula is C21H22Cl2N4O. The molecule has 3 rings (SSSR count). The second-order valence-corrected chi connectivity index (χ2v) is 7.61. The van der Waals surface area contributed by atoms with Crippen LogP contribution in [-0.2, 0) is 13.1 Å². The van der Waals surface area contributed by atoms with E-state index in [1.54, 1.807) is 11.6 Å². The second kappa shape index (κ2) is 8.78. The summed E-state index contributed by atoms with van der Waals surface area (Å²) >= 11 is 12.7. The van der Waals surface area contributed by atoms with Crippen molar-refractivity contribution < 1.29 is 4.79 Å². The number of anilines is 1. The van der Waals surface area contributed by atoms with Crippen molar-refractivity contribution in [2.24, 2.45) is 0 Å². The van der Waals surface area contributed by atoms with Gasteiger partial charge >= 0.3 is 0 Å². The smallest absolute Gasteiger partial charge is 0.260 e. The number of halogens is 2. The molecule has 0 unspecified atom stereocenters. The van der Waals surface area contributed by atoms with Gasteiger partial charge in [-0.1, -0.05) is 59.6 Å². The summed E-state index contributed by atoms with van der Waals surface area (Å²) in [6.07, 6.45) is 0. The predicted octanol–water partition coefficient (Wildman–Crippen LogP) is 4.86. The zero-order valence-corrected chi connectivity index (χ0v) is 17.6. The molecule has 0 fully saturated rings. The fourth-order valence-corrected chi connectivity index (χ4v) is 3.53. The van der Waals surface area contributed by atoms with Crippen LogP contribution in [0.4, 0.5) is 5.69 Å². The van der Waals surface area contributed by atoms with Crippen molar-refractivity contribution in [3.05, 3.63) is 81.1 Å². The Hall–Kier alpha value is -2.34. The number of nitrogens with one attached hydrogen (secondary N) is 1. The fourth-order valence-electron chi connectivity index (χ4n) is 3.01. The van der Waals surface area contributed by atoms with Crippen molar-refractivity contribution in [1.82, 2.24) is 14.7 Å². The number of para-hydroxylation sites is 1. The molecule has 1 heterocycles. The van der Waals surface area contributed by atoms with Gasteiger partial charge < -0.3 is 10.2 Å². The monoisotopic (exact) mass is 416 g/mol. The normalized spacial score (nSPS) is 11.1. The molecule has 7 heteroatoms. The molecule has 0 saturated carbocycles. The number of aromatic nitrogens is 2. The minimum Gasteiger partial charge on any atom is -0.322 e. The fraction of sp³-hybridized carbons (Fsp3) is 0.238. The molecule has 146 valence electrons. The first kappa shape index (κ1) is 20.4. The van der Waals surface area contributed by atoms with E-state index < -0.39 is 0 Å². The van der Waals surface area contributed by atoms with Gasteiger partial charge in [0.25, 0.3) is 5.91 Å². The molecule has 0 radical (unpaired) electrons. The topological polar surface area (TPSA) is 50.2 Å². The van der Waals surface area contributed by atoms with Crippen molar-refractivity contribution in [3.63, 3.8) is 0 Å². The van der Waals surface area contributed by atoms with Crippen molar-refractivity contribution in [2.75, 3.05) is 19.4 Å². The molecule has 3 aromatic rings. The lowest BCUT2D eigenvalue weighted by atomic mass is 10.1. The minimum atomic E-state index is -0.279. The quantitative estimate of drug-likeness (QED) is 0.623. The van der Waals surface area contributed by atoms with E-state index in [2.05, 4.69) is 10.4 Å². The van der Waals surface area contributed by atoms with Crippen molar-refractivity contribution >= 4 is 34.8 Å². The Morgan fingerprint density at radius 1 is 1.07 bits per heavy atom. The number of nitrogens with zero attached hydrogens (tertiary/aromatic N) is 3. The first-order chi connectivity index (χ1) is 13.4. The highest BCUT2D eigenvalue weighted by atomic mass is 35.5. The summed E-state index contributed by atoms with van der Waals surface area (Å²) < 4.78 is 1.60. The third-order valence-corrected chi connectivity index (χ3v) is 5.08. The van der Waals surface area contributed by atoms with E-state index in [-0.39, 0.29) is 5.91 Å². The molecule has 1 amide bonds. The molecule has 0 saturated heterocycles. The average Bonchev–Trinajstić information content (AvgIpc) is 2.92. The van der Waals surface area contributed by atoms with Gasteiger partial charge in [0.1, 0.15) is 5.15 Å². The van der Waals surface area contributed by atoms with E-state index in [9.17, 15) is 4.79 Å². The van der Waals surface area contributed by atoms with Crippen LogP contribution in [0.25, 0.3) is 0 Å². The van der Waals surface area contributed by atoms with Crippen molar-refractivity contribution in [3.8, 4) is 0 Å². The lowest BCUT2D eigenvalue weighted by Gasteiger charge is -2.15. The van der Waals surface area contributed by atoms with E-state index in [4.69, 9.17) is 23.2 Å².